The van der Waals surface area contributed by atoms with Crippen molar-refractivity contribution in [3.05, 3.63) is 18.2 Å². The van der Waals surface area contributed by atoms with Crippen LogP contribution < -0.4 is 15.2 Å². The minimum absolute atomic E-state index is 0.237. The minimum atomic E-state index is -0.459. The van der Waals surface area contributed by atoms with E-state index in [-0.39, 0.29) is 12.1 Å². The molecule has 1 fully saturated rings. The monoisotopic (exact) mass is 393 g/mol. The first kappa shape index (κ1) is 22.1. The lowest BCUT2D eigenvalue weighted by atomic mass is 10.0. The first-order valence-corrected chi connectivity index (χ1v) is 9.94. The van der Waals surface area contributed by atoms with Crippen molar-refractivity contribution in [2.75, 3.05) is 46.1 Å². The molecular weight excluding hydrogens is 358 g/mol. The van der Waals surface area contributed by atoms with Gasteiger partial charge in [0.1, 0.15) is 5.60 Å². The van der Waals surface area contributed by atoms with E-state index in [0.717, 1.165) is 44.6 Å². The van der Waals surface area contributed by atoms with Gasteiger partial charge in [-0.15, -0.1) is 0 Å². The first-order chi connectivity index (χ1) is 13.2. The minimum Gasteiger partial charge on any atom is -0.493 e. The van der Waals surface area contributed by atoms with Crippen LogP contribution in [-0.4, -0.2) is 67.9 Å². The number of carbonyl (C=O) groups is 1. The number of hydrogen-bond donors (Lipinski definition) is 1. The van der Waals surface area contributed by atoms with Crippen molar-refractivity contribution in [2.45, 2.75) is 51.7 Å². The lowest BCUT2D eigenvalue weighted by molar-refractivity contribution is 0.0151. The van der Waals surface area contributed by atoms with Gasteiger partial charge in [-0.25, -0.2) is 4.79 Å². The molecule has 1 aliphatic heterocycles. The van der Waals surface area contributed by atoms with Crippen molar-refractivity contribution in [1.82, 2.24) is 9.80 Å². The number of piperidine rings is 1. The molecule has 0 unspecified atom stereocenters. The maximum Gasteiger partial charge on any atom is 0.410 e. The Morgan fingerprint density at radius 1 is 1.25 bits per heavy atom. The number of rotatable bonds is 7. The van der Waals surface area contributed by atoms with Gasteiger partial charge in [-0.2, -0.15) is 0 Å². The molecule has 2 N–H and O–H groups in total. The number of anilines is 1. The van der Waals surface area contributed by atoms with Crippen molar-refractivity contribution in [2.24, 2.45) is 0 Å². The molecule has 1 amide bonds. The van der Waals surface area contributed by atoms with Gasteiger partial charge in [-0.1, -0.05) is 0 Å². The number of likely N-dealkylation sites (tertiary alicyclic amines) is 1. The number of hydrogen-bond acceptors (Lipinski definition) is 6. The number of nitrogen functional groups attached to an aromatic ring is 1. The lowest BCUT2D eigenvalue weighted by Gasteiger charge is -2.37. The van der Waals surface area contributed by atoms with E-state index in [1.54, 1.807) is 18.1 Å². The van der Waals surface area contributed by atoms with Crippen LogP contribution in [0.3, 0.4) is 0 Å². The van der Waals surface area contributed by atoms with Crippen LogP contribution in [0.5, 0.6) is 11.5 Å². The molecule has 7 heteroatoms. The van der Waals surface area contributed by atoms with Crippen LogP contribution in [0, 0.1) is 0 Å². The van der Waals surface area contributed by atoms with Gasteiger partial charge in [-0.05, 0) is 52.2 Å². The third-order valence-electron chi connectivity index (χ3n) is 4.85. The third-order valence-corrected chi connectivity index (χ3v) is 4.85. The summed E-state index contributed by atoms with van der Waals surface area (Å²) in [5.74, 6) is 1.38. The number of ether oxygens (including phenoxy) is 3. The van der Waals surface area contributed by atoms with E-state index in [4.69, 9.17) is 19.9 Å². The van der Waals surface area contributed by atoms with Crippen molar-refractivity contribution < 1.29 is 19.0 Å². The SMILES string of the molecule is COc1cc(N)ccc1OCCCN1CCC(N(C)C(=O)OC(C)(C)C)CC1. The summed E-state index contributed by atoms with van der Waals surface area (Å²) in [6.07, 6.45) is 2.61. The van der Waals surface area contributed by atoms with E-state index in [1.807, 2.05) is 40.0 Å². The van der Waals surface area contributed by atoms with Crippen molar-refractivity contribution in [3.8, 4) is 11.5 Å². The first-order valence-electron chi connectivity index (χ1n) is 9.94. The van der Waals surface area contributed by atoms with Gasteiger partial charge in [0.15, 0.2) is 11.5 Å². The van der Waals surface area contributed by atoms with Gasteiger partial charge < -0.3 is 29.7 Å². The zero-order valence-electron chi connectivity index (χ0n) is 17.9. The summed E-state index contributed by atoms with van der Waals surface area (Å²) in [6, 6.07) is 5.65. The maximum absolute atomic E-state index is 12.2. The van der Waals surface area contributed by atoms with Gasteiger partial charge >= 0.3 is 6.09 Å². The zero-order chi connectivity index (χ0) is 20.7. The molecule has 0 saturated carbocycles. The number of carbonyl (C=O) groups excluding carboxylic acids is 1. The molecule has 158 valence electrons. The summed E-state index contributed by atoms with van der Waals surface area (Å²) < 4.78 is 16.6. The van der Waals surface area contributed by atoms with Crippen LogP contribution in [-0.2, 0) is 4.74 Å². The Morgan fingerprint density at radius 2 is 1.93 bits per heavy atom. The summed E-state index contributed by atoms with van der Waals surface area (Å²) in [5.41, 5.74) is 5.96. The third kappa shape index (κ3) is 6.78. The highest BCUT2D eigenvalue weighted by molar-refractivity contribution is 5.68. The van der Waals surface area contributed by atoms with E-state index in [2.05, 4.69) is 4.90 Å². The van der Waals surface area contributed by atoms with Crippen molar-refractivity contribution in [3.63, 3.8) is 0 Å². The van der Waals surface area contributed by atoms with Crippen LogP contribution >= 0.6 is 0 Å². The van der Waals surface area contributed by atoms with Gasteiger partial charge in [0.2, 0.25) is 0 Å². The predicted octanol–water partition coefficient (Wildman–Crippen LogP) is 3.38. The Morgan fingerprint density at radius 3 is 2.54 bits per heavy atom. The summed E-state index contributed by atoms with van der Waals surface area (Å²) in [7, 11) is 3.45. The van der Waals surface area contributed by atoms with E-state index < -0.39 is 5.60 Å². The molecule has 0 atom stereocenters. The molecule has 7 nitrogen and oxygen atoms in total. The molecule has 0 aromatic heterocycles. The summed E-state index contributed by atoms with van der Waals surface area (Å²) in [4.78, 5) is 16.4. The molecule has 2 rings (SSSR count). The van der Waals surface area contributed by atoms with Crippen molar-refractivity contribution >= 4 is 11.8 Å². The zero-order valence-corrected chi connectivity index (χ0v) is 17.9. The molecule has 1 heterocycles. The molecule has 1 aromatic rings. The Labute approximate surface area is 168 Å². The molecule has 0 aliphatic carbocycles. The number of amides is 1. The van der Waals surface area contributed by atoms with Crippen LogP contribution in [0.25, 0.3) is 0 Å². The number of nitrogens with zero attached hydrogens (tertiary/aromatic N) is 2. The van der Waals surface area contributed by atoms with Crippen LogP contribution in [0.2, 0.25) is 0 Å². The van der Waals surface area contributed by atoms with E-state index in [0.29, 0.717) is 18.0 Å². The standard InChI is InChI=1S/C21H35N3O4/c1-21(2,3)28-20(25)23(4)17-9-12-24(13-10-17)11-6-14-27-18-8-7-16(22)15-19(18)26-5/h7-8,15,17H,6,9-14,22H2,1-5H3. The average Bonchev–Trinajstić information content (AvgIpc) is 2.64. The lowest BCUT2D eigenvalue weighted by Crippen LogP contribution is -2.47. The number of methoxy groups -OCH3 is 1. The second kappa shape index (κ2) is 9.87. The van der Waals surface area contributed by atoms with Crippen molar-refractivity contribution in [1.29, 1.82) is 0 Å². The van der Waals surface area contributed by atoms with Crippen LogP contribution in [0.15, 0.2) is 18.2 Å². The van der Waals surface area contributed by atoms with Crippen LogP contribution in [0.1, 0.15) is 40.0 Å². The van der Waals surface area contributed by atoms with E-state index in [9.17, 15) is 4.79 Å². The molecular formula is C21H35N3O4. The fourth-order valence-electron chi connectivity index (χ4n) is 3.29. The van der Waals surface area contributed by atoms with Gasteiger partial charge in [0.05, 0.1) is 13.7 Å². The second-order valence-electron chi connectivity index (χ2n) is 8.28. The Kier molecular flexibility index (Phi) is 7.80. The molecule has 28 heavy (non-hydrogen) atoms. The summed E-state index contributed by atoms with van der Waals surface area (Å²) in [5, 5.41) is 0. The Bertz CT molecular complexity index is 637. The van der Waals surface area contributed by atoms with Gasteiger partial charge in [-0.3, -0.25) is 0 Å². The Hall–Kier alpha value is -2.15. The Balaban J connectivity index is 1.68. The quantitative estimate of drug-likeness (QED) is 0.565. The highest BCUT2D eigenvalue weighted by Gasteiger charge is 2.28. The van der Waals surface area contributed by atoms with Crippen LogP contribution in [0.4, 0.5) is 10.5 Å². The highest BCUT2D eigenvalue weighted by atomic mass is 16.6. The fraction of sp³-hybridized carbons (Fsp3) is 0.667. The number of benzene rings is 1. The number of nitrogens with two attached hydrogens (primary N) is 1. The van der Waals surface area contributed by atoms with E-state index in [1.165, 1.54) is 0 Å². The molecule has 1 aromatic carbocycles. The summed E-state index contributed by atoms with van der Waals surface area (Å²) in [6.45, 7) is 9.22. The summed E-state index contributed by atoms with van der Waals surface area (Å²) >= 11 is 0. The molecule has 1 saturated heterocycles. The average molecular weight is 394 g/mol. The molecule has 0 radical (unpaired) electrons. The second-order valence-corrected chi connectivity index (χ2v) is 8.28. The van der Waals surface area contributed by atoms with E-state index >= 15 is 0 Å². The van der Waals surface area contributed by atoms with Gasteiger partial charge in [0.25, 0.3) is 0 Å². The fourth-order valence-corrected chi connectivity index (χ4v) is 3.29. The topological polar surface area (TPSA) is 77.3 Å². The maximum atomic E-state index is 12.2. The largest absolute Gasteiger partial charge is 0.493 e. The highest BCUT2D eigenvalue weighted by Crippen LogP contribution is 2.29. The molecule has 0 spiro atoms. The predicted molar refractivity (Wildman–Crippen MR) is 111 cm³/mol. The molecule has 1 aliphatic rings. The smallest absolute Gasteiger partial charge is 0.410 e. The normalized spacial score (nSPS) is 15.9. The van der Waals surface area contributed by atoms with Gasteiger partial charge in [0, 0.05) is 44.5 Å². The molecule has 0 bridgehead atoms.